The maximum absolute atomic E-state index is 9.02. The molecule has 2 aliphatic heterocycles. The van der Waals surface area contributed by atoms with Gasteiger partial charge in [-0.1, -0.05) is 6.92 Å². The minimum atomic E-state index is -0.386. The third-order valence-electron chi connectivity index (χ3n) is 1.64. The summed E-state index contributed by atoms with van der Waals surface area (Å²) in [5, 5.41) is 9.02. The molecule has 3 unspecified atom stereocenters. The molecule has 2 aliphatic rings. The number of allylic oxidation sites excluding steroid dienone is 1. The first-order valence-corrected chi connectivity index (χ1v) is 3.68. The highest BCUT2D eigenvalue weighted by Crippen LogP contribution is 2.41. The molecule has 1 N–H and O–H groups in total. The normalized spacial score (nSPS) is 40.8. The summed E-state index contributed by atoms with van der Waals surface area (Å²) in [4.78, 5) is 0. The SMILES string of the molecule is CCC=C(O)OC1OC2OC12. The van der Waals surface area contributed by atoms with E-state index in [2.05, 4.69) is 0 Å². The maximum atomic E-state index is 9.02. The summed E-state index contributed by atoms with van der Waals surface area (Å²) in [5.74, 6) is -0.0774. The molecule has 2 rings (SSSR count). The van der Waals surface area contributed by atoms with Gasteiger partial charge in [-0.2, -0.15) is 0 Å². The molecule has 0 saturated carbocycles. The molecule has 0 aromatic heterocycles. The van der Waals surface area contributed by atoms with E-state index in [-0.39, 0.29) is 24.6 Å². The Labute approximate surface area is 64.4 Å². The Balaban J connectivity index is 1.76. The molecule has 2 heterocycles. The van der Waals surface area contributed by atoms with Crippen LogP contribution < -0.4 is 0 Å². The topological polar surface area (TPSA) is 51.2 Å². The zero-order valence-electron chi connectivity index (χ0n) is 6.19. The van der Waals surface area contributed by atoms with Crippen LogP contribution in [0.25, 0.3) is 0 Å². The first kappa shape index (κ1) is 6.94. The van der Waals surface area contributed by atoms with E-state index in [1.807, 2.05) is 6.92 Å². The molecule has 4 nitrogen and oxygen atoms in total. The Kier molecular flexibility index (Phi) is 1.51. The van der Waals surface area contributed by atoms with Crippen LogP contribution in [0.5, 0.6) is 0 Å². The number of epoxide rings is 1. The minimum Gasteiger partial charge on any atom is -0.481 e. The van der Waals surface area contributed by atoms with Gasteiger partial charge in [-0.25, -0.2) is 0 Å². The average Bonchev–Trinajstić information content (AvgIpc) is 2.57. The van der Waals surface area contributed by atoms with Gasteiger partial charge in [0.15, 0.2) is 12.4 Å². The fourth-order valence-electron chi connectivity index (χ4n) is 0.968. The van der Waals surface area contributed by atoms with Crippen molar-refractivity contribution in [3.8, 4) is 0 Å². The third-order valence-corrected chi connectivity index (χ3v) is 1.64. The maximum Gasteiger partial charge on any atom is 0.274 e. The van der Waals surface area contributed by atoms with E-state index in [0.29, 0.717) is 0 Å². The lowest BCUT2D eigenvalue weighted by Gasteiger charge is -2.20. The van der Waals surface area contributed by atoms with Gasteiger partial charge in [0.05, 0.1) is 0 Å². The van der Waals surface area contributed by atoms with Crippen LogP contribution >= 0.6 is 0 Å². The predicted molar refractivity (Wildman–Crippen MR) is 35.6 cm³/mol. The second-order valence-electron chi connectivity index (χ2n) is 2.54. The van der Waals surface area contributed by atoms with Crippen molar-refractivity contribution in [3.63, 3.8) is 0 Å². The highest BCUT2D eigenvalue weighted by atomic mass is 16.9. The second kappa shape index (κ2) is 2.39. The van der Waals surface area contributed by atoms with Gasteiger partial charge in [0.25, 0.3) is 5.95 Å². The summed E-state index contributed by atoms with van der Waals surface area (Å²) < 4.78 is 14.9. The molecule has 0 aromatic rings. The van der Waals surface area contributed by atoms with Crippen molar-refractivity contribution in [1.29, 1.82) is 0 Å². The van der Waals surface area contributed by atoms with E-state index in [9.17, 15) is 0 Å². The highest BCUT2D eigenvalue weighted by Gasteiger charge is 2.60. The summed E-state index contributed by atoms with van der Waals surface area (Å²) >= 11 is 0. The number of rotatable bonds is 3. The molecule has 0 aromatic carbocycles. The van der Waals surface area contributed by atoms with E-state index in [4.69, 9.17) is 19.3 Å². The van der Waals surface area contributed by atoms with Crippen molar-refractivity contribution in [2.75, 3.05) is 0 Å². The van der Waals surface area contributed by atoms with Crippen LogP contribution in [-0.4, -0.2) is 23.8 Å². The van der Waals surface area contributed by atoms with Crippen LogP contribution in [0.15, 0.2) is 12.0 Å². The standard InChI is InChI=1S/C7H10O4/c1-2-3-4(8)9-6-5-7(10-5)11-6/h3,5-8H,2H2,1H3. The lowest BCUT2D eigenvalue weighted by Crippen LogP contribution is -2.35. The third kappa shape index (κ3) is 1.19. The Morgan fingerprint density at radius 2 is 2.45 bits per heavy atom. The van der Waals surface area contributed by atoms with Crippen LogP contribution in [0.3, 0.4) is 0 Å². The quantitative estimate of drug-likeness (QED) is 0.489. The number of ether oxygens (including phenoxy) is 3. The molecule has 0 amide bonds. The van der Waals surface area contributed by atoms with Gasteiger partial charge in [0.1, 0.15) is 0 Å². The summed E-state index contributed by atoms with van der Waals surface area (Å²) in [6, 6.07) is 0. The summed E-state index contributed by atoms with van der Waals surface area (Å²) in [7, 11) is 0. The molecule has 2 saturated heterocycles. The largest absolute Gasteiger partial charge is 0.481 e. The molecular formula is C7H10O4. The molecule has 0 spiro atoms. The van der Waals surface area contributed by atoms with Gasteiger partial charge in [-0.05, 0) is 12.5 Å². The molecule has 0 radical (unpaired) electrons. The minimum absolute atomic E-state index is 0.0578. The average molecular weight is 158 g/mol. The van der Waals surface area contributed by atoms with Crippen molar-refractivity contribution in [1.82, 2.24) is 0 Å². The summed E-state index contributed by atoms with van der Waals surface area (Å²) in [6.07, 6.45) is 1.94. The molecule has 0 aliphatic carbocycles. The fraction of sp³-hybridized carbons (Fsp3) is 0.714. The molecule has 3 atom stereocenters. The highest BCUT2D eigenvalue weighted by molar-refractivity contribution is 4.93. The molecule has 2 fully saturated rings. The van der Waals surface area contributed by atoms with Gasteiger partial charge in [-0.3, -0.25) is 0 Å². The van der Waals surface area contributed by atoms with Crippen LogP contribution in [0.2, 0.25) is 0 Å². The lowest BCUT2D eigenvalue weighted by atomic mass is 10.3. The fourth-order valence-corrected chi connectivity index (χ4v) is 0.968. The number of fused-ring (bicyclic) bond motifs is 1. The first-order chi connectivity index (χ1) is 5.31. The molecule has 4 heteroatoms. The van der Waals surface area contributed by atoms with Crippen LogP contribution in [0.4, 0.5) is 0 Å². The Morgan fingerprint density at radius 1 is 1.64 bits per heavy atom. The van der Waals surface area contributed by atoms with Crippen LogP contribution in [0.1, 0.15) is 13.3 Å². The molecular weight excluding hydrogens is 148 g/mol. The van der Waals surface area contributed by atoms with Gasteiger partial charge >= 0.3 is 0 Å². The van der Waals surface area contributed by atoms with E-state index in [1.54, 1.807) is 6.08 Å². The van der Waals surface area contributed by atoms with E-state index in [0.717, 1.165) is 6.42 Å². The van der Waals surface area contributed by atoms with Crippen LogP contribution in [-0.2, 0) is 14.2 Å². The first-order valence-electron chi connectivity index (χ1n) is 3.68. The predicted octanol–water partition coefficient (Wildman–Crippen LogP) is 0.894. The van der Waals surface area contributed by atoms with Gasteiger partial charge in [0.2, 0.25) is 6.29 Å². The summed E-state index contributed by atoms with van der Waals surface area (Å²) in [5.41, 5.74) is 0. The van der Waals surface area contributed by atoms with E-state index < -0.39 is 0 Å². The van der Waals surface area contributed by atoms with E-state index in [1.165, 1.54) is 0 Å². The Bertz CT molecular complexity index is 189. The van der Waals surface area contributed by atoms with Crippen molar-refractivity contribution < 1.29 is 19.3 Å². The van der Waals surface area contributed by atoms with Crippen molar-refractivity contribution >= 4 is 0 Å². The van der Waals surface area contributed by atoms with Crippen molar-refractivity contribution in [2.45, 2.75) is 32.0 Å². The Morgan fingerprint density at radius 3 is 2.91 bits per heavy atom. The molecule has 11 heavy (non-hydrogen) atoms. The molecule has 0 bridgehead atoms. The zero-order chi connectivity index (χ0) is 7.84. The van der Waals surface area contributed by atoms with Crippen LogP contribution in [0, 0.1) is 0 Å². The zero-order valence-corrected chi connectivity index (χ0v) is 6.19. The number of aliphatic hydroxyl groups is 1. The number of hydrogen-bond acceptors (Lipinski definition) is 4. The van der Waals surface area contributed by atoms with Gasteiger partial charge in [-0.15, -0.1) is 0 Å². The Hall–Kier alpha value is -0.740. The van der Waals surface area contributed by atoms with E-state index >= 15 is 0 Å². The molecule has 62 valence electrons. The lowest BCUT2D eigenvalue weighted by molar-refractivity contribution is -0.199. The van der Waals surface area contributed by atoms with Crippen molar-refractivity contribution in [2.24, 2.45) is 0 Å². The van der Waals surface area contributed by atoms with Crippen molar-refractivity contribution in [3.05, 3.63) is 12.0 Å². The van der Waals surface area contributed by atoms with Gasteiger partial charge in [0, 0.05) is 0 Å². The summed E-state index contributed by atoms with van der Waals surface area (Å²) in [6.45, 7) is 1.91. The number of hydrogen-bond donors (Lipinski definition) is 1. The monoisotopic (exact) mass is 158 g/mol. The van der Waals surface area contributed by atoms with Gasteiger partial charge < -0.3 is 19.3 Å². The smallest absolute Gasteiger partial charge is 0.274 e. The second-order valence-corrected chi connectivity index (χ2v) is 2.54. The number of aliphatic hydroxyl groups excluding tert-OH is 1.